The number of hydrogen-bond acceptors (Lipinski definition) is 4. The van der Waals surface area contributed by atoms with Gasteiger partial charge in [-0.05, 0) is 35.7 Å². The molecule has 0 saturated carbocycles. The van der Waals surface area contributed by atoms with Gasteiger partial charge < -0.3 is 11.1 Å². The number of nitrogens with one attached hydrogen (secondary N) is 1. The van der Waals surface area contributed by atoms with Crippen molar-refractivity contribution in [1.82, 2.24) is 9.78 Å². The smallest absolute Gasteiger partial charge is 0.0877 e. The van der Waals surface area contributed by atoms with Crippen LogP contribution in [0.1, 0.15) is 4.88 Å². The first-order chi connectivity index (χ1) is 9.74. The van der Waals surface area contributed by atoms with Crippen LogP contribution >= 0.6 is 22.9 Å². The molecule has 1 aromatic carbocycles. The van der Waals surface area contributed by atoms with E-state index in [9.17, 15) is 0 Å². The minimum atomic E-state index is 0.665. The Morgan fingerprint density at radius 1 is 1.35 bits per heavy atom. The molecule has 0 fully saturated rings. The highest BCUT2D eigenvalue weighted by Gasteiger charge is 2.07. The standard InChI is InChI=1S/C14H13ClN4S/c15-10-2-3-13(19-6-1-5-18-19)12(8-10)17-9-14-11(16)4-7-20-14/h1-8,17H,9,16H2. The lowest BCUT2D eigenvalue weighted by molar-refractivity contribution is 0.879. The zero-order chi connectivity index (χ0) is 13.9. The fourth-order valence-electron chi connectivity index (χ4n) is 1.93. The van der Waals surface area contributed by atoms with Crippen molar-refractivity contribution in [3.63, 3.8) is 0 Å². The van der Waals surface area contributed by atoms with Crippen LogP contribution in [0.3, 0.4) is 0 Å². The zero-order valence-electron chi connectivity index (χ0n) is 10.6. The normalized spacial score (nSPS) is 10.7. The maximum absolute atomic E-state index is 6.08. The van der Waals surface area contributed by atoms with Crippen molar-refractivity contribution < 1.29 is 0 Å². The van der Waals surface area contributed by atoms with Gasteiger partial charge in [-0.2, -0.15) is 5.10 Å². The number of hydrogen-bond donors (Lipinski definition) is 2. The van der Waals surface area contributed by atoms with Crippen LogP contribution in [0.4, 0.5) is 11.4 Å². The summed E-state index contributed by atoms with van der Waals surface area (Å²) in [6.45, 7) is 0.665. The molecule has 3 N–H and O–H groups in total. The molecule has 20 heavy (non-hydrogen) atoms. The van der Waals surface area contributed by atoms with E-state index in [1.54, 1.807) is 22.2 Å². The lowest BCUT2D eigenvalue weighted by Gasteiger charge is -2.12. The number of benzene rings is 1. The first-order valence-corrected chi connectivity index (χ1v) is 7.35. The van der Waals surface area contributed by atoms with E-state index in [0.717, 1.165) is 21.9 Å². The van der Waals surface area contributed by atoms with Crippen LogP contribution in [0.25, 0.3) is 5.69 Å². The molecule has 2 heterocycles. The second-order valence-electron chi connectivity index (χ2n) is 4.26. The fraction of sp³-hybridized carbons (Fsp3) is 0.0714. The van der Waals surface area contributed by atoms with Gasteiger partial charge >= 0.3 is 0 Å². The van der Waals surface area contributed by atoms with E-state index in [1.165, 1.54) is 0 Å². The predicted molar refractivity (Wildman–Crippen MR) is 84.6 cm³/mol. The lowest BCUT2D eigenvalue weighted by atomic mass is 10.2. The van der Waals surface area contributed by atoms with E-state index in [-0.39, 0.29) is 0 Å². The molecule has 0 aliphatic rings. The fourth-order valence-corrected chi connectivity index (χ4v) is 2.84. The Morgan fingerprint density at radius 2 is 2.25 bits per heavy atom. The van der Waals surface area contributed by atoms with Crippen molar-refractivity contribution >= 4 is 34.3 Å². The van der Waals surface area contributed by atoms with Crippen LogP contribution in [0.2, 0.25) is 5.02 Å². The maximum Gasteiger partial charge on any atom is 0.0877 e. The number of halogens is 1. The second-order valence-corrected chi connectivity index (χ2v) is 5.70. The Kier molecular flexibility index (Phi) is 3.62. The SMILES string of the molecule is Nc1ccsc1CNc1cc(Cl)ccc1-n1cccn1. The van der Waals surface area contributed by atoms with Crippen LogP contribution in [0.5, 0.6) is 0 Å². The molecule has 0 aliphatic heterocycles. The second kappa shape index (κ2) is 5.56. The largest absolute Gasteiger partial charge is 0.398 e. The number of rotatable bonds is 4. The number of nitrogens with zero attached hydrogens (tertiary/aromatic N) is 2. The van der Waals surface area contributed by atoms with Gasteiger partial charge in [-0.3, -0.25) is 0 Å². The summed E-state index contributed by atoms with van der Waals surface area (Å²) in [7, 11) is 0. The van der Waals surface area contributed by atoms with Gasteiger partial charge in [-0.1, -0.05) is 11.6 Å². The highest BCUT2D eigenvalue weighted by Crippen LogP contribution is 2.26. The van der Waals surface area contributed by atoms with Gasteiger partial charge in [0.1, 0.15) is 0 Å². The Balaban J connectivity index is 1.88. The third kappa shape index (κ3) is 2.64. The highest BCUT2D eigenvalue weighted by atomic mass is 35.5. The van der Waals surface area contributed by atoms with Gasteiger partial charge in [0.2, 0.25) is 0 Å². The van der Waals surface area contributed by atoms with Crippen LogP contribution in [0, 0.1) is 0 Å². The van der Waals surface area contributed by atoms with E-state index < -0.39 is 0 Å². The maximum atomic E-state index is 6.08. The molecule has 0 amide bonds. The molecular weight excluding hydrogens is 292 g/mol. The Bertz CT molecular complexity index is 706. The Labute approximate surface area is 125 Å². The number of anilines is 2. The minimum Gasteiger partial charge on any atom is -0.398 e. The Hall–Kier alpha value is -1.98. The first-order valence-electron chi connectivity index (χ1n) is 6.09. The predicted octanol–water partition coefficient (Wildman–Crippen LogP) is 3.78. The molecule has 0 atom stereocenters. The summed E-state index contributed by atoms with van der Waals surface area (Å²) < 4.78 is 1.80. The van der Waals surface area contributed by atoms with E-state index in [0.29, 0.717) is 11.6 Å². The summed E-state index contributed by atoms with van der Waals surface area (Å²) in [6.07, 6.45) is 3.64. The summed E-state index contributed by atoms with van der Waals surface area (Å²) in [5, 5.41) is 10.3. The molecule has 0 radical (unpaired) electrons. The summed E-state index contributed by atoms with van der Waals surface area (Å²) in [4.78, 5) is 1.11. The molecule has 3 aromatic rings. The van der Waals surface area contributed by atoms with E-state index in [4.69, 9.17) is 17.3 Å². The van der Waals surface area contributed by atoms with Crippen molar-refractivity contribution in [2.45, 2.75) is 6.54 Å². The molecule has 0 saturated heterocycles. The molecule has 4 nitrogen and oxygen atoms in total. The van der Waals surface area contributed by atoms with Crippen LogP contribution in [-0.4, -0.2) is 9.78 Å². The molecule has 0 aliphatic carbocycles. The van der Waals surface area contributed by atoms with Crippen LogP contribution in [-0.2, 0) is 6.54 Å². The topological polar surface area (TPSA) is 55.9 Å². The summed E-state index contributed by atoms with van der Waals surface area (Å²) in [5.74, 6) is 0. The number of aromatic nitrogens is 2. The van der Waals surface area contributed by atoms with Gasteiger partial charge in [0, 0.05) is 28.0 Å². The van der Waals surface area contributed by atoms with Gasteiger partial charge in [0.25, 0.3) is 0 Å². The Morgan fingerprint density at radius 3 is 2.95 bits per heavy atom. The van der Waals surface area contributed by atoms with E-state index in [1.807, 2.05) is 41.9 Å². The molecule has 0 spiro atoms. The summed E-state index contributed by atoms with van der Waals surface area (Å²) in [6, 6.07) is 9.48. The highest BCUT2D eigenvalue weighted by molar-refractivity contribution is 7.10. The molecule has 0 unspecified atom stereocenters. The average molecular weight is 305 g/mol. The number of nitrogens with two attached hydrogens (primary N) is 1. The van der Waals surface area contributed by atoms with Crippen molar-refractivity contribution in [1.29, 1.82) is 0 Å². The average Bonchev–Trinajstić information content (AvgIpc) is 3.08. The van der Waals surface area contributed by atoms with E-state index in [2.05, 4.69) is 10.4 Å². The molecule has 0 bridgehead atoms. The quantitative estimate of drug-likeness (QED) is 0.771. The van der Waals surface area contributed by atoms with Gasteiger partial charge in [0.15, 0.2) is 0 Å². The molecule has 3 rings (SSSR count). The third-order valence-corrected chi connectivity index (χ3v) is 4.10. The lowest BCUT2D eigenvalue weighted by Crippen LogP contribution is -2.05. The van der Waals surface area contributed by atoms with Crippen molar-refractivity contribution in [3.8, 4) is 5.69 Å². The van der Waals surface area contributed by atoms with Gasteiger partial charge in [-0.25, -0.2) is 4.68 Å². The number of nitrogen functional groups attached to an aromatic ring is 1. The van der Waals surface area contributed by atoms with Crippen LogP contribution in [0.15, 0.2) is 48.1 Å². The van der Waals surface area contributed by atoms with Gasteiger partial charge in [-0.15, -0.1) is 11.3 Å². The first kappa shape index (κ1) is 13.0. The summed E-state index contributed by atoms with van der Waals surface area (Å²) >= 11 is 7.71. The van der Waals surface area contributed by atoms with Crippen molar-refractivity contribution in [2.24, 2.45) is 0 Å². The van der Waals surface area contributed by atoms with Gasteiger partial charge in [0.05, 0.1) is 17.9 Å². The molecule has 102 valence electrons. The minimum absolute atomic E-state index is 0.665. The van der Waals surface area contributed by atoms with Crippen molar-refractivity contribution in [2.75, 3.05) is 11.1 Å². The molecular formula is C14H13ClN4S. The molecule has 2 aromatic heterocycles. The third-order valence-electron chi connectivity index (χ3n) is 2.93. The van der Waals surface area contributed by atoms with Crippen LogP contribution < -0.4 is 11.1 Å². The van der Waals surface area contributed by atoms with Crippen molar-refractivity contribution in [3.05, 3.63) is 58.0 Å². The van der Waals surface area contributed by atoms with E-state index >= 15 is 0 Å². The summed E-state index contributed by atoms with van der Waals surface area (Å²) in [5.41, 5.74) is 8.58. The monoisotopic (exact) mass is 304 g/mol. The molecule has 6 heteroatoms. The number of thiophene rings is 1. The zero-order valence-corrected chi connectivity index (χ0v) is 12.2.